The highest BCUT2D eigenvalue weighted by atomic mass is 16.4. The Morgan fingerprint density at radius 3 is 2.36 bits per heavy atom. The Balaban J connectivity index is 2.30. The summed E-state index contributed by atoms with van der Waals surface area (Å²) in [4.78, 5) is 24.2. The summed E-state index contributed by atoms with van der Waals surface area (Å²) in [5.74, 6) is 10.0. The highest BCUT2D eigenvalue weighted by Crippen LogP contribution is 2.25. The summed E-state index contributed by atoms with van der Waals surface area (Å²) in [6.45, 7) is 3.76. The van der Waals surface area contributed by atoms with Crippen LogP contribution in [-0.4, -0.2) is 34.3 Å². The molecule has 0 radical (unpaired) electrons. The van der Waals surface area contributed by atoms with Crippen LogP contribution in [0.15, 0.2) is 53.6 Å². The van der Waals surface area contributed by atoms with Gasteiger partial charge in [-0.2, -0.15) is 5.10 Å². The summed E-state index contributed by atoms with van der Waals surface area (Å²) in [6, 6.07) is 14.2. The molecule has 1 unspecified atom stereocenters. The molecular weight excluding hydrogens is 358 g/mol. The second kappa shape index (κ2) is 9.52. The van der Waals surface area contributed by atoms with Gasteiger partial charge in [-0.25, -0.2) is 10.6 Å². The third kappa shape index (κ3) is 4.66. The van der Waals surface area contributed by atoms with E-state index in [2.05, 4.69) is 10.5 Å². The number of nitrogens with two attached hydrogens (primary N) is 2. The second-order valence-electron chi connectivity index (χ2n) is 6.67. The van der Waals surface area contributed by atoms with E-state index in [1.807, 2.05) is 48.5 Å². The number of carbonyl (C=O) groups is 2. The van der Waals surface area contributed by atoms with Gasteiger partial charge in [-0.05, 0) is 22.6 Å². The van der Waals surface area contributed by atoms with Crippen molar-refractivity contribution in [1.82, 2.24) is 10.3 Å². The van der Waals surface area contributed by atoms with Crippen LogP contribution in [0.4, 0.5) is 0 Å². The summed E-state index contributed by atoms with van der Waals surface area (Å²) >= 11 is 0. The maximum absolute atomic E-state index is 11.5. The average Bonchev–Trinajstić information content (AvgIpc) is 2.69. The van der Waals surface area contributed by atoms with E-state index in [9.17, 15) is 14.7 Å². The number of aliphatic carboxylic acids is 1. The standard InChI is InChI=1S/C20H25N5O3/c1-13(2)18(20(27)28)25(12-26)11-14-7-9-15(10-8-14)16-5-3-4-6-17(16)19(23-21)24-22/h3-10,12-13,18H,11,21-22H2,1-2H3,(H,23,24)(H,27,28). The average molecular weight is 383 g/mol. The van der Waals surface area contributed by atoms with E-state index < -0.39 is 12.0 Å². The number of carbonyl (C=O) groups excluding carboxylic acids is 1. The Bertz CT molecular complexity index is 849. The highest BCUT2D eigenvalue weighted by Gasteiger charge is 2.27. The Hall–Kier alpha value is -3.39. The van der Waals surface area contributed by atoms with Gasteiger partial charge in [0.1, 0.15) is 6.04 Å². The molecule has 1 atom stereocenters. The molecule has 0 fully saturated rings. The van der Waals surface area contributed by atoms with Crippen molar-refractivity contribution in [1.29, 1.82) is 0 Å². The van der Waals surface area contributed by atoms with Crippen molar-refractivity contribution in [3.8, 4) is 11.1 Å². The van der Waals surface area contributed by atoms with E-state index in [1.165, 1.54) is 4.90 Å². The molecule has 0 aromatic heterocycles. The van der Waals surface area contributed by atoms with Crippen LogP contribution in [0.5, 0.6) is 0 Å². The van der Waals surface area contributed by atoms with Gasteiger partial charge in [-0.1, -0.05) is 62.4 Å². The first-order valence-corrected chi connectivity index (χ1v) is 8.80. The lowest BCUT2D eigenvalue weighted by molar-refractivity contribution is -0.148. The van der Waals surface area contributed by atoms with E-state index in [0.29, 0.717) is 12.2 Å². The molecule has 2 aromatic carbocycles. The second-order valence-corrected chi connectivity index (χ2v) is 6.67. The fourth-order valence-corrected chi connectivity index (χ4v) is 3.14. The largest absolute Gasteiger partial charge is 0.480 e. The number of nitrogens with zero attached hydrogens (tertiary/aromatic N) is 2. The van der Waals surface area contributed by atoms with Crippen molar-refractivity contribution < 1.29 is 14.7 Å². The molecule has 0 aliphatic rings. The number of hydrogen-bond donors (Lipinski definition) is 4. The van der Waals surface area contributed by atoms with Gasteiger partial charge >= 0.3 is 5.97 Å². The molecule has 0 saturated carbocycles. The topological polar surface area (TPSA) is 134 Å². The van der Waals surface area contributed by atoms with E-state index in [0.717, 1.165) is 22.3 Å². The van der Waals surface area contributed by atoms with Crippen molar-refractivity contribution >= 4 is 18.2 Å². The highest BCUT2D eigenvalue weighted by molar-refractivity contribution is 6.04. The van der Waals surface area contributed by atoms with E-state index in [4.69, 9.17) is 11.7 Å². The van der Waals surface area contributed by atoms with Crippen LogP contribution in [0.25, 0.3) is 11.1 Å². The molecule has 0 saturated heterocycles. The fourth-order valence-electron chi connectivity index (χ4n) is 3.14. The number of amidine groups is 1. The number of nitrogens with one attached hydrogen (secondary N) is 1. The van der Waals surface area contributed by atoms with E-state index in [-0.39, 0.29) is 12.5 Å². The third-order valence-electron chi connectivity index (χ3n) is 4.46. The first kappa shape index (κ1) is 20.9. The van der Waals surface area contributed by atoms with Crippen LogP contribution in [0.3, 0.4) is 0 Å². The zero-order valence-electron chi connectivity index (χ0n) is 15.9. The van der Waals surface area contributed by atoms with Crippen molar-refractivity contribution in [3.05, 3.63) is 59.7 Å². The lowest BCUT2D eigenvalue weighted by Crippen LogP contribution is -2.43. The molecule has 148 valence electrons. The minimum Gasteiger partial charge on any atom is -0.480 e. The predicted octanol–water partition coefficient (Wildman–Crippen LogP) is 1.50. The molecule has 0 heterocycles. The quantitative estimate of drug-likeness (QED) is 0.179. The first-order valence-electron chi connectivity index (χ1n) is 8.80. The van der Waals surface area contributed by atoms with Crippen LogP contribution in [0, 0.1) is 5.92 Å². The number of benzene rings is 2. The van der Waals surface area contributed by atoms with Crippen molar-refractivity contribution in [2.24, 2.45) is 22.7 Å². The predicted molar refractivity (Wildman–Crippen MR) is 108 cm³/mol. The van der Waals surface area contributed by atoms with Crippen LogP contribution >= 0.6 is 0 Å². The monoisotopic (exact) mass is 383 g/mol. The fraction of sp³-hybridized carbons (Fsp3) is 0.250. The van der Waals surface area contributed by atoms with Crippen LogP contribution in [0.2, 0.25) is 0 Å². The van der Waals surface area contributed by atoms with Gasteiger partial charge in [0.2, 0.25) is 6.41 Å². The molecule has 2 aromatic rings. The van der Waals surface area contributed by atoms with E-state index >= 15 is 0 Å². The zero-order valence-corrected chi connectivity index (χ0v) is 15.9. The number of rotatable bonds is 8. The van der Waals surface area contributed by atoms with Gasteiger partial charge in [0, 0.05) is 12.1 Å². The maximum Gasteiger partial charge on any atom is 0.326 e. The van der Waals surface area contributed by atoms with E-state index in [1.54, 1.807) is 13.8 Å². The Morgan fingerprint density at radius 2 is 1.86 bits per heavy atom. The van der Waals surface area contributed by atoms with Gasteiger partial charge in [-0.15, -0.1) is 0 Å². The minimum atomic E-state index is -1.02. The molecule has 28 heavy (non-hydrogen) atoms. The lowest BCUT2D eigenvalue weighted by Gasteiger charge is -2.28. The molecule has 1 amide bonds. The molecule has 8 nitrogen and oxygen atoms in total. The Kier molecular flexibility index (Phi) is 7.11. The first-order chi connectivity index (χ1) is 13.4. The SMILES string of the molecule is CC(C)C(C(=O)O)N(C=O)Cc1ccc(-c2ccccc2C(=NN)NN)cc1. The maximum atomic E-state index is 11.5. The summed E-state index contributed by atoms with van der Waals surface area (Å²) in [5, 5.41) is 13.1. The smallest absolute Gasteiger partial charge is 0.326 e. The van der Waals surface area contributed by atoms with Crippen LogP contribution < -0.4 is 17.1 Å². The third-order valence-corrected chi connectivity index (χ3v) is 4.46. The normalized spacial score (nSPS) is 12.5. The molecule has 0 aliphatic heterocycles. The van der Waals surface area contributed by atoms with Gasteiger partial charge < -0.3 is 21.3 Å². The molecule has 0 bridgehead atoms. The van der Waals surface area contributed by atoms with Crippen molar-refractivity contribution in [2.75, 3.05) is 0 Å². The summed E-state index contributed by atoms with van der Waals surface area (Å²) < 4.78 is 0. The number of carboxylic acid groups (broad SMARTS) is 1. The minimum absolute atomic E-state index is 0.202. The molecular formula is C20H25N5O3. The van der Waals surface area contributed by atoms with Gasteiger partial charge in [0.05, 0.1) is 0 Å². The van der Waals surface area contributed by atoms with Crippen LogP contribution in [0.1, 0.15) is 25.0 Å². The molecule has 0 aliphatic carbocycles. The number of hydrazone groups is 1. The van der Waals surface area contributed by atoms with Gasteiger partial charge in [0.15, 0.2) is 5.84 Å². The lowest BCUT2D eigenvalue weighted by atomic mass is 9.97. The number of hydrazine groups is 1. The number of carboxylic acids is 1. The number of amides is 1. The van der Waals surface area contributed by atoms with Crippen LogP contribution in [-0.2, 0) is 16.1 Å². The zero-order chi connectivity index (χ0) is 20.7. The molecule has 0 spiro atoms. The molecule has 8 heteroatoms. The summed E-state index contributed by atoms with van der Waals surface area (Å²) in [6.07, 6.45) is 0.582. The molecule has 6 N–H and O–H groups in total. The summed E-state index contributed by atoms with van der Waals surface area (Å²) in [7, 11) is 0. The Labute approximate surface area is 163 Å². The van der Waals surface area contributed by atoms with Gasteiger partial charge in [-0.3, -0.25) is 4.79 Å². The van der Waals surface area contributed by atoms with Crippen molar-refractivity contribution in [3.63, 3.8) is 0 Å². The molecule has 2 rings (SSSR count). The van der Waals surface area contributed by atoms with Crippen molar-refractivity contribution in [2.45, 2.75) is 26.4 Å². The number of hydrogen-bond acceptors (Lipinski definition) is 5. The van der Waals surface area contributed by atoms with Gasteiger partial charge in [0.25, 0.3) is 0 Å². The Morgan fingerprint density at radius 1 is 1.21 bits per heavy atom. The summed E-state index contributed by atoms with van der Waals surface area (Å²) in [5.41, 5.74) is 5.85.